The Labute approximate surface area is 161 Å². The molecule has 0 atom stereocenters. The standard InChI is InChI=1S/C19H19FN2O2S2/c1-21-8-9-22(15-6-4-14(20)5-7-15)16-12-19(25-2)17(13-18(16)26-21)24-11-3-10-23/h3-7,10-13H,8-9H2,1-2H3/b11-3+. The molecule has 26 heavy (non-hydrogen) atoms. The topological polar surface area (TPSA) is 32.8 Å². The number of nitrogens with zero attached hydrogens (tertiary/aromatic N) is 2. The largest absolute Gasteiger partial charge is 0.464 e. The Kier molecular flexibility index (Phi) is 6.24. The van der Waals surface area contributed by atoms with Gasteiger partial charge in [-0.25, -0.2) is 8.70 Å². The number of carbonyl (C=O) groups excluding carboxylic acids is 1. The van der Waals surface area contributed by atoms with Gasteiger partial charge in [0, 0.05) is 24.9 Å². The zero-order valence-corrected chi connectivity index (χ0v) is 16.1. The number of allylic oxidation sites excluding steroid dienone is 1. The number of hydrogen-bond donors (Lipinski definition) is 0. The first-order chi connectivity index (χ1) is 12.6. The van der Waals surface area contributed by atoms with Gasteiger partial charge < -0.3 is 9.64 Å². The second-order valence-electron chi connectivity index (χ2n) is 5.62. The predicted octanol–water partition coefficient (Wildman–Crippen LogP) is 4.73. The first-order valence-corrected chi connectivity index (χ1v) is 10.0. The molecule has 3 rings (SSSR count). The molecule has 0 amide bonds. The lowest BCUT2D eigenvalue weighted by atomic mass is 10.2. The van der Waals surface area contributed by atoms with Gasteiger partial charge in [0.05, 0.1) is 21.7 Å². The average Bonchev–Trinajstić information content (AvgIpc) is 2.80. The van der Waals surface area contributed by atoms with Gasteiger partial charge in [0.2, 0.25) is 0 Å². The Morgan fingerprint density at radius 1 is 1.23 bits per heavy atom. The van der Waals surface area contributed by atoms with E-state index in [-0.39, 0.29) is 5.82 Å². The predicted molar refractivity (Wildman–Crippen MR) is 106 cm³/mol. The molecular weight excluding hydrogens is 371 g/mol. The quantitative estimate of drug-likeness (QED) is 0.241. The molecule has 1 aliphatic rings. The third-order valence-electron chi connectivity index (χ3n) is 3.92. The number of thioether (sulfide) groups is 1. The van der Waals surface area contributed by atoms with E-state index >= 15 is 0 Å². The summed E-state index contributed by atoms with van der Waals surface area (Å²) in [6.07, 6.45) is 5.37. The van der Waals surface area contributed by atoms with E-state index in [1.165, 1.54) is 24.5 Å². The van der Waals surface area contributed by atoms with Crippen molar-refractivity contribution in [2.75, 3.05) is 31.3 Å². The van der Waals surface area contributed by atoms with Crippen molar-refractivity contribution in [3.63, 3.8) is 0 Å². The van der Waals surface area contributed by atoms with Crippen molar-refractivity contribution in [2.24, 2.45) is 0 Å². The summed E-state index contributed by atoms with van der Waals surface area (Å²) >= 11 is 3.22. The van der Waals surface area contributed by atoms with Crippen molar-refractivity contribution in [3.8, 4) is 5.75 Å². The van der Waals surface area contributed by atoms with Gasteiger partial charge in [-0.2, -0.15) is 0 Å². The summed E-state index contributed by atoms with van der Waals surface area (Å²) in [6, 6.07) is 10.6. The summed E-state index contributed by atoms with van der Waals surface area (Å²) in [6.45, 7) is 1.65. The summed E-state index contributed by atoms with van der Waals surface area (Å²) in [5, 5.41) is 0. The smallest absolute Gasteiger partial charge is 0.145 e. The maximum absolute atomic E-state index is 13.3. The van der Waals surface area contributed by atoms with Crippen LogP contribution in [0.15, 0.2) is 58.5 Å². The lowest BCUT2D eigenvalue weighted by Crippen LogP contribution is -2.24. The zero-order valence-electron chi connectivity index (χ0n) is 14.5. The third-order valence-corrected chi connectivity index (χ3v) is 5.70. The molecule has 0 spiro atoms. The fourth-order valence-electron chi connectivity index (χ4n) is 2.67. The van der Waals surface area contributed by atoms with Crippen LogP contribution in [0.2, 0.25) is 0 Å². The maximum atomic E-state index is 13.3. The van der Waals surface area contributed by atoms with Gasteiger partial charge in [0.1, 0.15) is 17.9 Å². The summed E-state index contributed by atoms with van der Waals surface area (Å²) < 4.78 is 21.1. The van der Waals surface area contributed by atoms with Crippen LogP contribution in [0.3, 0.4) is 0 Å². The number of fused-ring (bicyclic) bond motifs is 1. The first-order valence-electron chi connectivity index (χ1n) is 8.03. The Morgan fingerprint density at radius 3 is 2.69 bits per heavy atom. The Balaban J connectivity index is 2.06. The maximum Gasteiger partial charge on any atom is 0.145 e. The monoisotopic (exact) mass is 390 g/mol. The van der Waals surface area contributed by atoms with Gasteiger partial charge in [-0.1, -0.05) is 0 Å². The van der Waals surface area contributed by atoms with Crippen molar-refractivity contribution in [3.05, 3.63) is 54.6 Å². The molecular formula is C19H19FN2O2S2. The van der Waals surface area contributed by atoms with Gasteiger partial charge in [-0.15, -0.1) is 11.8 Å². The molecule has 1 heterocycles. The molecule has 0 N–H and O–H groups in total. The molecule has 2 aromatic rings. The number of hydrogen-bond acceptors (Lipinski definition) is 6. The molecule has 4 nitrogen and oxygen atoms in total. The average molecular weight is 391 g/mol. The Bertz CT molecular complexity index is 812. The van der Waals surface area contributed by atoms with E-state index in [1.807, 2.05) is 19.4 Å². The highest BCUT2D eigenvalue weighted by Gasteiger charge is 2.22. The van der Waals surface area contributed by atoms with Crippen LogP contribution in [-0.2, 0) is 4.79 Å². The van der Waals surface area contributed by atoms with Gasteiger partial charge in [-0.05, 0) is 61.6 Å². The fraction of sp³-hybridized carbons (Fsp3) is 0.211. The molecule has 2 aromatic carbocycles. The van der Waals surface area contributed by atoms with E-state index in [0.717, 1.165) is 34.3 Å². The minimum absolute atomic E-state index is 0.245. The van der Waals surface area contributed by atoms with Crippen LogP contribution < -0.4 is 9.64 Å². The zero-order chi connectivity index (χ0) is 18.5. The Hall–Kier alpha value is -1.96. The molecule has 136 valence electrons. The number of rotatable bonds is 5. The minimum Gasteiger partial charge on any atom is -0.464 e. The Morgan fingerprint density at radius 2 is 2.00 bits per heavy atom. The van der Waals surface area contributed by atoms with E-state index in [1.54, 1.807) is 35.8 Å². The van der Waals surface area contributed by atoms with E-state index in [2.05, 4.69) is 15.3 Å². The van der Waals surface area contributed by atoms with Crippen LogP contribution >= 0.6 is 23.7 Å². The second kappa shape index (κ2) is 8.62. The summed E-state index contributed by atoms with van der Waals surface area (Å²) in [7, 11) is 2.04. The van der Waals surface area contributed by atoms with Gasteiger partial charge in [0.15, 0.2) is 0 Å². The van der Waals surface area contributed by atoms with Crippen LogP contribution in [0.5, 0.6) is 5.75 Å². The molecule has 0 saturated heterocycles. The van der Waals surface area contributed by atoms with E-state index < -0.39 is 0 Å². The number of anilines is 2. The van der Waals surface area contributed by atoms with Gasteiger partial charge >= 0.3 is 0 Å². The van der Waals surface area contributed by atoms with Crippen molar-refractivity contribution < 1.29 is 13.9 Å². The highest BCUT2D eigenvalue weighted by Crippen LogP contribution is 2.44. The van der Waals surface area contributed by atoms with Crippen molar-refractivity contribution >= 4 is 41.4 Å². The van der Waals surface area contributed by atoms with Crippen LogP contribution in [0, 0.1) is 5.82 Å². The highest BCUT2D eigenvalue weighted by atomic mass is 32.2. The molecule has 0 saturated carbocycles. The lowest BCUT2D eigenvalue weighted by molar-refractivity contribution is -0.104. The van der Waals surface area contributed by atoms with Crippen LogP contribution in [0.1, 0.15) is 0 Å². The SMILES string of the molecule is CSc1cc2c(cc1O/C=C/C=O)SN(C)CCN2c1ccc(F)cc1. The molecule has 0 aliphatic carbocycles. The number of halogens is 1. The number of ether oxygens (including phenoxy) is 1. The summed E-state index contributed by atoms with van der Waals surface area (Å²) in [5.74, 6) is 0.460. The van der Waals surface area contributed by atoms with E-state index in [4.69, 9.17) is 4.74 Å². The number of benzene rings is 2. The van der Waals surface area contributed by atoms with Gasteiger partial charge in [-0.3, -0.25) is 4.79 Å². The number of carbonyl (C=O) groups is 1. The molecule has 0 aromatic heterocycles. The minimum atomic E-state index is -0.245. The van der Waals surface area contributed by atoms with E-state index in [0.29, 0.717) is 12.0 Å². The third kappa shape index (κ3) is 4.23. The van der Waals surface area contributed by atoms with Crippen molar-refractivity contribution in [1.29, 1.82) is 0 Å². The lowest BCUT2D eigenvalue weighted by Gasteiger charge is -2.25. The normalized spacial score (nSPS) is 15.0. The molecule has 7 heteroatoms. The molecule has 0 unspecified atom stereocenters. The highest BCUT2D eigenvalue weighted by molar-refractivity contribution is 7.98. The summed E-state index contributed by atoms with van der Waals surface area (Å²) in [4.78, 5) is 14.7. The van der Waals surface area contributed by atoms with Crippen LogP contribution in [-0.4, -0.2) is 37.0 Å². The fourth-order valence-corrected chi connectivity index (χ4v) is 4.14. The molecule has 1 aliphatic heterocycles. The number of likely N-dealkylation sites (N-methyl/N-ethyl adjacent to an activating group) is 1. The summed E-state index contributed by atoms with van der Waals surface area (Å²) in [5.41, 5.74) is 2.01. The van der Waals surface area contributed by atoms with Crippen molar-refractivity contribution in [2.45, 2.75) is 9.79 Å². The van der Waals surface area contributed by atoms with Crippen molar-refractivity contribution in [1.82, 2.24) is 4.31 Å². The molecule has 0 bridgehead atoms. The molecule has 0 fully saturated rings. The van der Waals surface area contributed by atoms with Gasteiger partial charge in [0.25, 0.3) is 0 Å². The molecule has 0 radical (unpaired) electrons. The number of aldehydes is 1. The first kappa shape index (κ1) is 18.8. The van der Waals surface area contributed by atoms with E-state index in [9.17, 15) is 9.18 Å². The second-order valence-corrected chi connectivity index (χ2v) is 7.72. The van der Waals surface area contributed by atoms with Crippen LogP contribution in [0.25, 0.3) is 0 Å². The van der Waals surface area contributed by atoms with Crippen LogP contribution in [0.4, 0.5) is 15.8 Å².